The fourth-order valence-corrected chi connectivity index (χ4v) is 5.29. The third-order valence-corrected chi connectivity index (χ3v) is 7.76. The minimum Gasteiger partial charge on any atom is -0.404 e. The van der Waals surface area contributed by atoms with Crippen LogP contribution in [0, 0.1) is 5.92 Å². The van der Waals surface area contributed by atoms with E-state index in [1.165, 1.54) is 23.0 Å². The molecule has 3 atom stereocenters. The number of ether oxygens (including phenoxy) is 2. The van der Waals surface area contributed by atoms with Gasteiger partial charge in [-0.05, 0) is 48.9 Å². The van der Waals surface area contributed by atoms with Gasteiger partial charge in [0.05, 0.1) is 40.5 Å². The number of carbonyl (C=O) groups is 1. The lowest BCUT2D eigenvalue weighted by Gasteiger charge is -2.53. The number of fused-ring (bicyclic) bond motifs is 3. The summed E-state index contributed by atoms with van der Waals surface area (Å²) in [5, 5.41) is 2.89. The van der Waals surface area contributed by atoms with E-state index in [0.29, 0.717) is 29.9 Å². The van der Waals surface area contributed by atoms with Crippen LogP contribution in [0.5, 0.6) is 5.75 Å². The van der Waals surface area contributed by atoms with E-state index in [4.69, 9.17) is 4.74 Å². The Hall–Kier alpha value is -4.29. The summed E-state index contributed by atoms with van der Waals surface area (Å²) in [7, 11) is 0. The van der Waals surface area contributed by atoms with Gasteiger partial charge in [0, 0.05) is 37.0 Å². The second-order valence-corrected chi connectivity index (χ2v) is 10.3. The first-order chi connectivity index (χ1) is 19.6. The number of morpholine rings is 1. The van der Waals surface area contributed by atoms with Crippen molar-refractivity contribution in [3.05, 3.63) is 77.6 Å². The standard InChI is InChI=1S/C29H26F3N5O4/c1-16-25-13-36(14-26(16)40-25)17(2)27(38)35-23-11-20(6-8-24(23)41-29(30,31)32)37-15-34-22-10-18(5-7-21(22)28(37)39)19-4-3-9-33-12-19/h3-12,15-17,25-26H,13-14H2,1-2H3,(H,35,38). The summed E-state index contributed by atoms with van der Waals surface area (Å²) in [6.45, 7) is 4.89. The number of anilines is 1. The Bertz CT molecular complexity index is 1670. The van der Waals surface area contributed by atoms with Crippen molar-refractivity contribution < 1.29 is 27.4 Å². The number of rotatable bonds is 6. The van der Waals surface area contributed by atoms with Crippen molar-refractivity contribution in [2.24, 2.45) is 5.92 Å². The lowest BCUT2D eigenvalue weighted by molar-refractivity contribution is -0.274. The van der Waals surface area contributed by atoms with Crippen LogP contribution >= 0.6 is 0 Å². The van der Waals surface area contributed by atoms with Crippen LogP contribution in [0.3, 0.4) is 0 Å². The molecular weight excluding hydrogens is 539 g/mol. The zero-order chi connectivity index (χ0) is 28.9. The maximum absolute atomic E-state index is 13.4. The van der Waals surface area contributed by atoms with Crippen molar-refractivity contribution in [2.75, 3.05) is 18.4 Å². The molecule has 3 fully saturated rings. The molecule has 41 heavy (non-hydrogen) atoms. The van der Waals surface area contributed by atoms with Crippen molar-refractivity contribution >= 4 is 22.5 Å². The number of halogens is 3. The van der Waals surface area contributed by atoms with E-state index in [9.17, 15) is 22.8 Å². The molecule has 2 aromatic carbocycles. The van der Waals surface area contributed by atoms with Crippen molar-refractivity contribution in [2.45, 2.75) is 38.5 Å². The van der Waals surface area contributed by atoms with Gasteiger partial charge in [0.2, 0.25) is 5.91 Å². The molecule has 9 nitrogen and oxygen atoms in total. The Balaban J connectivity index is 1.31. The number of piperidine rings is 1. The Morgan fingerprint density at radius 2 is 1.90 bits per heavy atom. The lowest BCUT2D eigenvalue weighted by Crippen LogP contribution is -2.65. The van der Waals surface area contributed by atoms with Crippen LogP contribution in [0.1, 0.15) is 13.8 Å². The summed E-state index contributed by atoms with van der Waals surface area (Å²) >= 11 is 0. The Morgan fingerprint density at radius 3 is 2.59 bits per heavy atom. The average molecular weight is 566 g/mol. The van der Waals surface area contributed by atoms with E-state index in [2.05, 4.69) is 26.9 Å². The zero-order valence-corrected chi connectivity index (χ0v) is 22.1. The molecule has 1 N–H and O–H groups in total. The monoisotopic (exact) mass is 565 g/mol. The van der Waals surface area contributed by atoms with Gasteiger partial charge in [-0.15, -0.1) is 13.2 Å². The van der Waals surface area contributed by atoms with E-state index in [0.717, 1.165) is 17.2 Å². The minimum atomic E-state index is -4.98. The molecule has 2 bridgehead atoms. The number of hydrogen-bond donors (Lipinski definition) is 1. The third-order valence-electron chi connectivity index (χ3n) is 7.76. The molecule has 212 valence electrons. The number of carbonyl (C=O) groups excluding carboxylic acids is 1. The maximum atomic E-state index is 13.4. The van der Waals surface area contributed by atoms with Crippen molar-refractivity contribution in [3.8, 4) is 22.6 Å². The highest BCUT2D eigenvalue weighted by atomic mass is 19.4. The molecule has 4 aromatic rings. The van der Waals surface area contributed by atoms with Gasteiger partial charge in [0.15, 0.2) is 5.75 Å². The largest absolute Gasteiger partial charge is 0.573 e. The van der Waals surface area contributed by atoms with Gasteiger partial charge >= 0.3 is 6.36 Å². The molecule has 3 aliphatic rings. The highest BCUT2D eigenvalue weighted by molar-refractivity contribution is 5.96. The highest BCUT2D eigenvalue weighted by Gasteiger charge is 2.47. The molecule has 0 saturated carbocycles. The first kappa shape index (κ1) is 26.9. The van der Waals surface area contributed by atoms with E-state index in [-0.39, 0.29) is 23.6 Å². The fourth-order valence-electron chi connectivity index (χ4n) is 5.29. The maximum Gasteiger partial charge on any atom is 0.573 e. The summed E-state index contributed by atoms with van der Waals surface area (Å²) in [4.78, 5) is 37.0. The first-order valence-corrected chi connectivity index (χ1v) is 13.1. The van der Waals surface area contributed by atoms with Gasteiger partial charge in [-0.3, -0.25) is 24.0 Å². The summed E-state index contributed by atoms with van der Waals surface area (Å²) < 4.78 is 50.7. The predicted molar refractivity (Wildman–Crippen MR) is 145 cm³/mol. The van der Waals surface area contributed by atoms with Crippen molar-refractivity contribution in [3.63, 3.8) is 0 Å². The number of nitrogens with one attached hydrogen (secondary N) is 1. The molecule has 7 rings (SSSR count). The lowest BCUT2D eigenvalue weighted by atomic mass is 9.86. The molecule has 0 aliphatic carbocycles. The van der Waals surface area contributed by atoms with E-state index >= 15 is 0 Å². The first-order valence-electron chi connectivity index (χ1n) is 13.1. The second kappa shape index (κ2) is 10.3. The number of hydrogen-bond acceptors (Lipinski definition) is 7. The quantitative estimate of drug-likeness (QED) is 0.370. The van der Waals surface area contributed by atoms with Gasteiger partial charge in [-0.25, -0.2) is 4.98 Å². The summed E-state index contributed by atoms with van der Waals surface area (Å²) in [6, 6.07) is 11.9. The van der Waals surface area contributed by atoms with Gasteiger partial charge in [0.25, 0.3) is 5.56 Å². The molecule has 1 amide bonds. The molecular formula is C29H26F3N5O4. The number of aromatic nitrogens is 3. The third kappa shape index (κ3) is 5.27. The summed E-state index contributed by atoms with van der Waals surface area (Å²) in [6.07, 6.45) is -0.261. The van der Waals surface area contributed by atoms with Crippen LogP contribution in [-0.4, -0.2) is 63.0 Å². The van der Waals surface area contributed by atoms with Gasteiger partial charge in [-0.1, -0.05) is 19.1 Å². The number of pyridine rings is 1. The van der Waals surface area contributed by atoms with E-state index in [1.807, 2.05) is 11.0 Å². The minimum absolute atomic E-state index is 0.0316. The number of amides is 1. The molecule has 3 aliphatic heterocycles. The van der Waals surface area contributed by atoms with Crippen LogP contribution in [0.25, 0.3) is 27.7 Å². The molecule has 2 aromatic heterocycles. The fraction of sp³-hybridized carbons (Fsp3) is 0.310. The molecule has 12 heteroatoms. The second-order valence-electron chi connectivity index (χ2n) is 10.3. The molecule has 3 saturated heterocycles. The molecule has 5 heterocycles. The Morgan fingerprint density at radius 1 is 1.12 bits per heavy atom. The molecule has 3 unspecified atom stereocenters. The predicted octanol–water partition coefficient (Wildman–Crippen LogP) is 4.39. The summed E-state index contributed by atoms with van der Waals surface area (Å²) in [5.41, 5.74) is 1.70. The van der Waals surface area contributed by atoms with Crippen LogP contribution in [0.4, 0.5) is 18.9 Å². The normalized spacial score (nSPS) is 21.2. The Kier molecular flexibility index (Phi) is 6.74. The van der Waals surface area contributed by atoms with Crippen LogP contribution < -0.4 is 15.6 Å². The molecule has 0 radical (unpaired) electrons. The zero-order valence-electron chi connectivity index (χ0n) is 22.1. The van der Waals surface area contributed by atoms with E-state index in [1.54, 1.807) is 43.6 Å². The number of alkyl halides is 3. The van der Waals surface area contributed by atoms with Gasteiger partial charge < -0.3 is 14.8 Å². The van der Waals surface area contributed by atoms with Crippen LogP contribution in [0.2, 0.25) is 0 Å². The van der Waals surface area contributed by atoms with E-state index < -0.39 is 29.6 Å². The Labute approximate surface area is 232 Å². The smallest absolute Gasteiger partial charge is 0.404 e. The summed E-state index contributed by atoms with van der Waals surface area (Å²) in [5.74, 6) is -0.695. The van der Waals surface area contributed by atoms with Crippen LogP contribution in [-0.2, 0) is 9.53 Å². The SMILES string of the molecule is CC1C2CN(C(C)C(=O)Nc3cc(-n4cnc5cc(-c6cccnc6)ccc5c4=O)ccc3OC(F)(F)F)CC1O2. The van der Waals surface area contributed by atoms with Gasteiger partial charge in [0.1, 0.15) is 6.33 Å². The molecule has 0 spiro atoms. The topological polar surface area (TPSA) is 98.6 Å². The average Bonchev–Trinajstić information content (AvgIpc) is 2.97. The number of benzene rings is 2. The van der Waals surface area contributed by atoms with Crippen molar-refractivity contribution in [1.29, 1.82) is 0 Å². The number of nitrogens with zero attached hydrogens (tertiary/aromatic N) is 4. The van der Waals surface area contributed by atoms with Crippen LogP contribution in [0.15, 0.2) is 72.0 Å². The highest BCUT2D eigenvalue weighted by Crippen LogP contribution is 2.36. The van der Waals surface area contributed by atoms with Gasteiger partial charge in [-0.2, -0.15) is 0 Å². The van der Waals surface area contributed by atoms with Crippen molar-refractivity contribution in [1.82, 2.24) is 19.4 Å².